The van der Waals surface area contributed by atoms with E-state index in [9.17, 15) is 9.59 Å². The van der Waals surface area contributed by atoms with Gasteiger partial charge < -0.3 is 10.6 Å². The van der Waals surface area contributed by atoms with Crippen LogP contribution in [0.4, 0.5) is 10.5 Å². The number of para-hydroxylation sites is 1. The maximum absolute atomic E-state index is 11.3. The van der Waals surface area contributed by atoms with Gasteiger partial charge in [0.1, 0.15) is 0 Å². The van der Waals surface area contributed by atoms with Crippen molar-refractivity contribution < 1.29 is 9.59 Å². The number of urea groups is 1. The first kappa shape index (κ1) is 12.0. The SMILES string of the molecule is CCNC(=O)NC(=O)CNc1ccccc1. The van der Waals surface area contributed by atoms with Crippen molar-refractivity contribution in [3.8, 4) is 0 Å². The van der Waals surface area contributed by atoms with Gasteiger partial charge in [-0.25, -0.2) is 4.79 Å². The van der Waals surface area contributed by atoms with E-state index < -0.39 is 6.03 Å². The summed E-state index contributed by atoms with van der Waals surface area (Å²) in [5.41, 5.74) is 0.841. The van der Waals surface area contributed by atoms with Crippen molar-refractivity contribution in [3.05, 3.63) is 30.3 Å². The van der Waals surface area contributed by atoms with Crippen LogP contribution in [-0.4, -0.2) is 25.0 Å². The maximum atomic E-state index is 11.3. The van der Waals surface area contributed by atoms with Crippen molar-refractivity contribution in [1.82, 2.24) is 10.6 Å². The molecule has 0 aromatic heterocycles. The van der Waals surface area contributed by atoms with Crippen LogP contribution in [0.5, 0.6) is 0 Å². The lowest BCUT2D eigenvalue weighted by molar-refractivity contribution is -0.118. The third kappa shape index (κ3) is 4.45. The van der Waals surface area contributed by atoms with E-state index in [0.29, 0.717) is 6.54 Å². The van der Waals surface area contributed by atoms with E-state index in [-0.39, 0.29) is 12.5 Å². The number of carbonyl (C=O) groups is 2. The Morgan fingerprint density at radius 3 is 2.50 bits per heavy atom. The van der Waals surface area contributed by atoms with Crippen molar-refractivity contribution in [2.75, 3.05) is 18.4 Å². The molecule has 0 saturated heterocycles. The number of hydrogen-bond donors (Lipinski definition) is 3. The lowest BCUT2D eigenvalue weighted by Crippen LogP contribution is -2.41. The largest absolute Gasteiger partial charge is 0.376 e. The summed E-state index contributed by atoms with van der Waals surface area (Å²) in [6.45, 7) is 2.35. The molecule has 0 saturated carbocycles. The molecule has 16 heavy (non-hydrogen) atoms. The van der Waals surface area contributed by atoms with E-state index in [2.05, 4.69) is 16.0 Å². The average molecular weight is 221 g/mol. The average Bonchev–Trinajstić information content (AvgIpc) is 2.28. The number of rotatable bonds is 4. The predicted octanol–water partition coefficient (Wildman–Crippen LogP) is 0.944. The fourth-order valence-electron chi connectivity index (χ4n) is 1.11. The van der Waals surface area contributed by atoms with Crippen LogP contribution < -0.4 is 16.0 Å². The van der Waals surface area contributed by atoms with Crippen LogP contribution in [0.15, 0.2) is 30.3 Å². The van der Waals surface area contributed by atoms with E-state index in [0.717, 1.165) is 5.69 Å². The second-order valence-corrected chi connectivity index (χ2v) is 3.13. The minimum absolute atomic E-state index is 0.0706. The van der Waals surface area contributed by atoms with Gasteiger partial charge in [-0.3, -0.25) is 10.1 Å². The number of amides is 3. The number of imide groups is 1. The summed E-state index contributed by atoms with van der Waals surface area (Å²) < 4.78 is 0. The molecule has 0 aliphatic heterocycles. The highest BCUT2D eigenvalue weighted by Crippen LogP contribution is 2.03. The number of carbonyl (C=O) groups excluding carboxylic acids is 2. The van der Waals surface area contributed by atoms with Crippen LogP contribution in [0, 0.1) is 0 Å². The summed E-state index contributed by atoms with van der Waals surface area (Å²) in [6.07, 6.45) is 0. The van der Waals surface area contributed by atoms with Crippen molar-refractivity contribution in [2.24, 2.45) is 0 Å². The Hall–Kier alpha value is -2.04. The first-order valence-electron chi connectivity index (χ1n) is 5.09. The Bertz CT molecular complexity index is 352. The predicted molar refractivity (Wildman–Crippen MR) is 62.1 cm³/mol. The van der Waals surface area contributed by atoms with Crippen LogP contribution in [-0.2, 0) is 4.79 Å². The van der Waals surface area contributed by atoms with E-state index in [1.54, 1.807) is 6.92 Å². The highest BCUT2D eigenvalue weighted by molar-refractivity contribution is 5.96. The van der Waals surface area contributed by atoms with Gasteiger partial charge >= 0.3 is 6.03 Å². The molecule has 86 valence electrons. The van der Waals surface area contributed by atoms with Gasteiger partial charge in [0, 0.05) is 12.2 Å². The molecule has 0 atom stereocenters. The molecule has 0 bridgehead atoms. The van der Waals surface area contributed by atoms with E-state index in [4.69, 9.17) is 0 Å². The Labute approximate surface area is 94.2 Å². The van der Waals surface area contributed by atoms with Gasteiger partial charge in [-0.05, 0) is 19.1 Å². The van der Waals surface area contributed by atoms with Crippen molar-refractivity contribution in [3.63, 3.8) is 0 Å². The van der Waals surface area contributed by atoms with E-state index in [1.807, 2.05) is 30.3 Å². The molecule has 0 spiro atoms. The molecule has 5 heteroatoms. The highest BCUT2D eigenvalue weighted by Gasteiger charge is 2.05. The first-order valence-corrected chi connectivity index (χ1v) is 5.09. The van der Waals surface area contributed by atoms with Gasteiger partial charge in [-0.2, -0.15) is 0 Å². The third-order valence-electron chi connectivity index (χ3n) is 1.82. The van der Waals surface area contributed by atoms with Crippen LogP contribution in [0.25, 0.3) is 0 Å². The first-order chi connectivity index (χ1) is 7.72. The molecule has 5 nitrogen and oxygen atoms in total. The van der Waals surface area contributed by atoms with Crippen molar-refractivity contribution >= 4 is 17.6 Å². The van der Waals surface area contributed by atoms with Crippen LogP contribution >= 0.6 is 0 Å². The van der Waals surface area contributed by atoms with E-state index in [1.165, 1.54) is 0 Å². The zero-order valence-corrected chi connectivity index (χ0v) is 9.12. The fraction of sp³-hybridized carbons (Fsp3) is 0.273. The summed E-state index contributed by atoms with van der Waals surface area (Å²) in [7, 11) is 0. The van der Waals surface area contributed by atoms with Gasteiger partial charge in [0.25, 0.3) is 0 Å². The second kappa shape index (κ2) is 6.44. The fourth-order valence-corrected chi connectivity index (χ4v) is 1.11. The molecule has 0 radical (unpaired) electrons. The molecule has 0 aliphatic carbocycles. The molecular formula is C11H15N3O2. The Morgan fingerprint density at radius 1 is 1.19 bits per heavy atom. The summed E-state index contributed by atoms with van der Waals surface area (Å²) in [5.74, 6) is -0.366. The summed E-state index contributed by atoms with van der Waals surface area (Å²) in [6, 6.07) is 8.84. The molecule has 1 aromatic rings. The highest BCUT2D eigenvalue weighted by atomic mass is 16.2. The molecule has 0 aliphatic rings. The number of benzene rings is 1. The Balaban J connectivity index is 2.28. The Kier molecular flexibility index (Phi) is 4.85. The molecule has 1 aromatic carbocycles. The molecule has 1 rings (SSSR count). The van der Waals surface area contributed by atoms with Crippen LogP contribution in [0.2, 0.25) is 0 Å². The third-order valence-corrected chi connectivity index (χ3v) is 1.82. The van der Waals surface area contributed by atoms with E-state index >= 15 is 0 Å². The minimum Gasteiger partial charge on any atom is -0.376 e. The standard InChI is InChI=1S/C11H15N3O2/c1-2-12-11(16)14-10(15)8-13-9-6-4-3-5-7-9/h3-7,13H,2,8H2,1H3,(H2,12,14,15,16). The van der Waals surface area contributed by atoms with Gasteiger partial charge in [-0.15, -0.1) is 0 Å². The normalized spacial score (nSPS) is 9.31. The number of nitrogens with one attached hydrogen (secondary N) is 3. The topological polar surface area (TPSA) is 70.2 Å². The molecular weight excluding hydrogens is 206 g/mol. The van der Waals surface area contributed by atoms with Gasteiger partial charge in [0.2, 0.25) is 5.91 Å². The van der Waals surface area contributed by atoms with Crippen molar-refractivity contribution in [2.45, 2.75) is 6.92 Å². The van der Waals surface area contributed by atoms with Crippen LogP contribution in [0.3, 0.4) is 0 Å². The molecule has 3 N–H and O–H groups in total. The van der Waals surface area contributed by atoms with Crippen molar-refractivity contribution in [1.29, 1.82) is 0 Å². The summed E-state index contributed by atoms with van der Waals surface area (Å²) in [5, 5.41) is 7.58. The van der Waals surface area contributed by atoms with Gasteiger partial charge in [0.15, 0.2) is 0 Å². The molecule has 0 unspecified atom stereocenters. The zero-order valence-electron chi connectivity index (χ0n) is 9.12. The van der Waals surface area contributed by atoms with Gasteiger partial charge in [0.05, 0.1) is 6.54 Å². The lowest BCUT2D eigenvalue weighted by Gasteiger charge is -2.06. The molecule has 0 fully saturated rings. The molecule has 0 heterocycles. The molecule has 3 amide bonds. The lowest BCUT2D eigenvalue weighted by atomic mass is 10.3. The minimum atomic E-state index is -0.470. The maximum Gasteiger partial charge on any atom is 0.321 e. The van der Waals surface area contributed by atoms with Gasteiger partial charge in [-0.1, -0.05) is 18.2 Å². The summed E-state index contributed by atoms with van der Waals surface area (Å²) in [4.78, 5) is 22.3. The Morgan fingerprint density at radius 2 is 1.88 bits per heavy atom. The smallest absolute Gasteiger partial charge is 0.321 e. The number of anilines is 1. The second-order valence-electron chi connectivity index (χ2n) is 3.13. The monoisotopic (exact) mass is 221 g/mol. The summed E-state index contributed by atoms with van der Waals surface area (Å²) >= 11 is 0. The zero-order chi connectivity index (χ0) is 11.8. The van der Waals surface area contributed by atoms with Crippen LogP contribution in [0.1, 0.15) is 6.92 Å². The quantitative estimate of drug-likeness (QED) is 0.708. The number of hydrogen-bond acceptors (Lipinski definition) is 3.